The van der Waals surface area contributed by atoms with Crippen molar-refractivity contribution in [3.05, 3.63) is 328 Å². The van der Waals surface area contributed by atoms with Crippen molar-refractivity contribution < 1.29 is 4.42 Å². The molecule has 0 bridgehead atoms. The summed E-state index contributed by atoms with van der Waals surface area (Å²) < 4.78 is 8.71. The molecule has 0 saturated heterocycles. The van der Waals surface area contributed by atoms with Crippen LogP contribution < -0.4 is 9.80 Å². The predicted octanol–water partition coefficient (Wildman–Crippen LogP) is 24.0. The Morgan fingerprint density at radius 3 is 1.36 bits per heavy atom. The molecular formula is C82H54N2OS. The van der Waals surface area contributed by atoms with E-state index < -0.39 is 0 Å². The normalized spacial score (nSPS) is 11.5. The Morgan fingerprint density at radius 1 is 0.221 bits per heavy atom. The number of hydrogen-bond donors (Lipinski definition) is 0. The van der Waals surface area contributed by atoms with E-state index in [0.717, 1.165) is 83.9 Å². The number of nitrogens with zero attached hydrogens (tertiary/aromatic N) is 2. The molecule has 2 aromatic heterocycles. The summed E-state index contributed by atoms with van der Waals surface area (Å²) in [7, 11) is 0. The molecule has 0 radical (unpaired) electrons. The standard InChI is InChI=1S/C82H54N2OS/c1-3-14-55(15-4-1)59-32-42-70(43-33-59)84(72-46-38-57-18-7-8-19-65(57)51-72)73-47-48-76-81(54-73)86-80-27-13-25-74(82(76)80)62-30-28-58(29-31-62)60-34-40-68(41-35-60)83(71-23-12-22-66(52-71)64-21-11-20-63(50-64)56-16-5-2-6-17-56)69-44-36-61(37-45-69)67-39-49-79-77(53-67)75-24-9-10-26-78(75)85-79/h1-54H. The summed E-state index contributed by atoms with van der Waals surface area (Å²) in [6.07, 6.45) is 0. The monoisotopic (exact) mass is 1110 g/mol. The van der Waals surface area contributed by atoms with Gasteiger partial charge in [-0.1, -0.05) is 224 Å². The fourth-order valence-corrected chi connectivity index (χ4v) is 13.7. The van der Waals surface area contributed by atoms with Crippen LogP contribution in [0.1, 0.15) is 0 Å². The highest BCUT2D eigenvalue weighted by molar-refractivity contribution is 7.26. The largest absolute Gasteiger partial charge is 0.456 e. The summed E-state index contributed by atoms with van der Waals surface area (Å²) in [5, 5.41) is 7.24. The van der Waals surface area contributed by atoms with Crippen molar-refractivity contribution in [2.75, 3.05) is 9.80 Å². The first-order chi connectivity index (χ1) is 42.6. The number of thiophene rings is 1. The van der Waals surface area contributed by atoms with Gasteiger partial charge in [-0.3, -0.25) is 0 Å². The molecule has 404 valence electrons. The Hall–Kier alpha value is -11.0. The molecule has 0 aliphatic heterocycles. The van der Waals surface area contributed by atoms with Crippen LogP contribution in [0.3, 0.4) is 0 Å². The molecule has 0 fully saturated rings. The van der Waals surface area contributed by atoms with E-state index in [4.69, 9.17) is 4.42 Å². The van der Waals surface area contributed by atoms with Crippen molar-refractivity contribution >= 4 is 98.3 Å². The average Bonchev–Trinajstić information content (AvgIpc) is 2.24. The molecule has 0 spiro atoms. The minimum Gasteiger partial charge on any atom is -0.456 e. The second kappa shape index (κ2) is 21.6. The Bertz CT molecular complexity index is 5140. The molecular weight excluding hydrogens is 1060 g/mol. The topological polar surface area (TPSA) is 19.6 Å². The van der Waals surface area contributed by atoms with Crippen LogP contribution in [-0.4, -0.2) is 0 Å². The smallest absolute Gasteiger partial charge is 0.135 e. The minimum atomic E-state index is 0.897. The van der Waals surface area contributed by atoms with Crippen LogP contribution >= 0.6 is 11.3 Å². The number of para-hydroxylation sites is 1. The molecule has 16 aromatic rings. The van der Waals surface area contributed by atoms with E-state index in [2.05, 4.69) is 325 Å². The number of benzene rings is 14. The summed E-state index contributed by atoms with van der Waals surface area (Å²) in [4.78, 5) is 4.76. The van der Waals surface area contributed by atoms with Gasteiger partial charge in [-0.05, 0) is 181 Å². The average molecular weight is 1120 g/mol. The molecule has 4 heteroatoms. The highest BCUT2D eigenvalue weighted by Gasteiger charge is 2.20. The first kappa shape index (κ1) is 50.7. The van der Waals surface area contributed by atoms with Crippen molar-refractivity contribution in [3.8, 4) is 66.8 Å². The molecule has 0 aliphatic rings. The van der Waals surface area contributed by atoms with Gasteiger partial charge >= 0.3 is 0 Å². The van der Waals surface area contributed by atoms with E-state index in [0.29, 0.717) is 0 Å². The quantitative estimate of drug-likeness (QED) is 0.122. The van der Waals surface area contributed by atoms with Gasteiger partial charge in [-0.25, -0.2) is 0 Å². The fourth-order valence-electron chi connectivity index (χ4n) is 12.5. The van der Waals surface area contributed by atoms with Crippen LogP contribution in [-0.2, 0) is 0 Å². The maximum atomic E-state index is 6.19. The lowest BCUT2D eigenvalue weighted by molar-refractivity contribution is 0.669. The van der Waals surface area contributed by atoms with Crippen LogP contribution in [0.15, 0.2) is 332 Å². The minimum absolute atomic E-state index is 0.897. The van der Waals surface area contributed by atoms with Crippen LogP contribution in [0.2, 0.25) is 0 Å². The number of anilines is 6. The van der Waals surface area contributed by atoms with Gasteiger partial charge in [0.15, 0.2) is 0 Å². The third kappa shape index (κ3) is 9.45. The molecule has 0 aliphatic carbocycles. The van der Waals surface area contributed by atoms with Crippen LogP contribution in [0.5, 0.6) is 0 Å². The Labute approximate surface area is 503 Å². The zero-order valence-corrected chi connectivity index (χ0v) is 47.7. The van der Waals surface area contributed by atoms with Gasteiger partial charge in [0, 0.05) is 65.1 Å². The summed E-state index contributed by atoms with van der Waals surface area (Å²) in [6, 6.07) is 119. The zero-order chi connectivity index (χ0) is 56.9. The SMILES string of the molecule is c1ccc(-c2ccc(N(c3ccc4ccccc4c3)c3ccc4c(c3)sc3cccc(-c5ccc(-c6ccc(N(c7ccc(-c8ccc9oc%10ccccc%10c9c8)cc7)c7cccc(-c8cccc(-c9ccccc9)c8)c7)cc6)cc5)c34)cc2)cc1. The first-order valence-corrected chi connectivity index (χ1v) is 30.1. The second-order valence-electron chi connectivity index (χ2n) is 22.1. The highest BCUT2D eigenvalue weighted by atomic mass is 32.1. The lowest BCUT2D eigenvalue weighted by atomic mass is 9.96. The van der Waals surface area contributed by atoms with E-state index in [1.807, 2.05) is 23.5 Å². The van der Waals surface area contributed by atoms with Crippen molar-refractivity contribution in [1.29, 1.82) is 0 Å². The van der Waals surface area contributed by atoms with E-state index in [-0.39, 0.29) is 0 Å². The summed E-state index contributed by atoms with van der Waals surface area (Å²) in [5.41, 5.74) is 22.5. The lowest BCUT2D eigenvalue weighted by Crippen LogP contribution is -2.10. The van der Waals surface area contributed by atoms with E-state index in [1.54, 1.807) is 0 Å². The third-order valence-electron chi connectivity index (χ3n) is 16.9. The summed E-state index contributed by atoms with van der Waals surface area (Å²) in [6.45, 7) is 0. The van der Waals surface area contributed by atoms with Gasteiger partial charge in [-0.15, -0.1) is 11.3 Å². The molecule has 0 atom stereocenters. The number of rotatable bonds is 12. The van der Waals surface area contributed by atoms with E-state index in [9.17, 15) is 0 Å². The van der Waals surface area contributed by atoms with E-state index in [1.165, 1.54) is 69.9 Å². The van der Waals surface area contributed by atoms with Gasteiger partial charge in [0.25, 0.3) is 0 Å². The molecule has 2 heterocycles. The van der Waals surface area contributed by atoms with E-state index >= 15 is 0 Å². The van der Waals surface area contributed by atoms with Crippen LogP contribution in [0.25, 0.3) is 120 Å². The van der Waals surface area contributed by atoms with Crippen LogP contribution in [0, 0.1) is 0 Å². The van der Waals surface area contributed by atoms with Gasteiger partial charge in [-0.2, -0.15) is 0 Å². The molecule has 0 N–H and O–H groups in total. The van der Waals surface area contributed by atoms with Gasteiger partial charge in [0.1, 0.15) is 11.2 Å². The maximum Gasteiger partial charge on any atom is 0.135 e. The maximum absolute atomic E-state index is 6.19. The molecule has 0 unspecified atom stereocenters. The molecule has 3 nitrogen and oxygen atoms in total. The summed E-state index contributed by atoms with van der Waals surface area (Å²) >= 11 is 1.86. The van der Waals surface area contributed by atoms with Gasteiger partial charge in [0.05, 0.1) is 0 Å². The Morgan fingerprint density at radius 2 is 0.663 bits per heavy atom. The van der Waals surface area contributed by atoms with Gasteiger partial charge in [0.2, 0.25) is 0 Å². The predicted molar refractivity (Wildman–Crippen MR) is 366 cm³/mol. The van der Waals surface area contributed by atoms with Crippen molar-refractivity contribution in [2.24, 2.45) is 0 Å². The Kier molecular flexibility index (Phi) is 12.7. The van der Waals surface area contributed by atoms with Gasteiger partial charge < -0.3 is 14.2 Å². The fraction of sp³-hybridized carbons (Fsp3) is 0. The van der Waals surface area contributed by atoms with Crippen molar-refractivity contribution in [1.82, 2.24) is 0 Å². The zero-order valence-electron chi connectivity index (χ0n) is 46.9. The number of fused-ring (bicyclic) bond motifs is 7. The number of hydrogen-bond acceptors (Lipinski definition) is 4. The first-order valence-electron chi connectivity index (χ1n) is 29.3. The van der Waals surface area contributed by atoms with Crippen molar-refractivity contribution in [2.45, 2.75) is 0 Å². The molecule has 86 heavy (non-hydrogen) atoms. The molecule has 0 saturated carbocycles. The molecule has 14 aromatic carbocycles. The highest BCUT2D eigenvalue weighted by Crippen LogP contribution is 2.46. The second-order valence-corrected chi connectivity index (χ2v) is 23.1. The third-order valence-corrected chi connectivity index (χ3v) is 18.0. The molecule has 16 rings (SSSR count). The van der Waals surface area contributed by atoms with Crippen LogP contribution in [0.4, 0.5) is 34.1 Å². The number of furan rings is 1. The lowest BCUT2D eigenvalue weighted by Gasteiger charge is -2.26. The summed E-state index contributed by atoms with van der Waals surface area (Å²) in [5.74, 6) is 0. The Balaban J connectivity index is 0.718. The molecule has 0 amide bonds. The van der Waals surface area contributed by atoms with Crippen molar-refractivity contribution in [3.63, 3.8) is 0 Å².